The summed E-state index contributed by atoms with van der Waals surface area (Å²) in [6.45, 7) is 2.33. The first kappa shape index (κ1) is 14.3. The number of nitrogens with zero attached hydrogens (tertiary/aromatic N) is 5. The lowest BCUT2D eigenvalue weighted by atomic mass is 10.2. The predicted molar refractivity (Wildman–Crippen MR) is 96.1 cm³/mol. The van der Waals surface area contributed by atoms with E-state index in [0.717, 1.165) is 32.9 Å². The molecule has 3 aromatic rings. The standard InChI is InChI=1S/C18H13N5OS/c1-11-6-2-5-9-14(11)24-10-15-20-21-18-23(15)22-16-12-7-3-4-8-13(12)19-17(16)25-18/h2-9H,10H2,1H3. The SMILES string of the molecule is Cc1ccccc1OCc1nnc2sc3nc4ccccc4c-3nn12. The zero-order chi connectivity index (χ0) is 16.8. The van der Waals surface area contributed by atoms with Gasteiger partial charge in [0.25, 0.3) is 0 Å². The molecule has 5 rings (SSSR count). The summed E-state index contributed by atoms with van der Waals surface area (Å²) in [4.78, 5) is 5.33. The number of hydrogen-bond acceptors (Lipinski definition) is 6. The highest BCUT2D eigenvalue weighted by Crippen LogP contribution is 2.33. The molecule has 0 unspecified atom stereocenters. The summed E-state index contributed by atoms with van der Waals surface area (Å²) in [7, 11) is 0. The summed E-state index contributed by atoms with van der Waals surface area (Å²) in [5, 5.41) is 15.1. The molecule has 6 nitrogen and oxygen atoms in total. The van der Waals surface area contributed by atoms with Gasteiger partial charge in [-0.15, -0.1) is 10.2 Å². The highest BCUT2D eigenvalue weighted by molar-refractivity contribution is 7.19. The molecule has 1 aromatic heterocycles. The van der Waals surface area contributed by atoms with E-state index >= 15 is 0 Å². The first-order valence-electron chi connectivity index (χ1n) is 7.87. The van der Waals surface area contributed by atoms with Gasteiger partial charge in [-0.2, -0.15) is 9.61 Å². The minimum absolute atomic E-state index is 0.309. The molecular formula is C18H13N5OS. The Morgan fingerprint density at radius 2 is 1.88 bits per heavy atom. The second kappa shape index (κ2) is 5.49. The van der Waals surface area contributed by atoms with Gasteiger partial charge in [0, 0.05) is 5.39 Å². The lowest BCUT2D eigenvalue weighted by molar-refractivity contribution is 0.291. The maximum atomic E-state index is 5.90. The monoisotopic (exact) mass is 347 g/mol. The van der Waals surface area contributed by atoms with E-state index in [2.05, 4.69) is 15.2 Å². The van der Waals surface area contributed by atoms with Crippen molar-refractivity contribution in [2.45, 2.75) is 13.5 Å². The van der Waals surface area contributed by atoms with Gasteiger partial charge in [-0.05, 0) is 24.6 Å². The van der Waals surface area contributed by atoms with Gasteiger partial charge in [0.15, 0.2) is 5.82 Å². The predicted octanol–water partition coefficient (Wildman–Crippen LogP) is 3.73. The minimum Gasteiger partial charge on any atom is -0.485 e. The van der Waals surface area contributed by atoms with E-state index < -0.39 is 0 Å². The molecule has 0 aliphatic carbocycles. The molecule has 2 aliphatic rings. The third kappa shape index (κ3) is 2.32. The van der Waals surface area contributed by atoms with Crippen LogP contribution in [0.5, 0.6) is 5.75 Å². The number of para-hydroxylation sites is 2. The number of rotatable bonds is 3. The number of benzene rings is 2. The molecular weight excluding hydrogens is 334 g/mol. The van der Waals surface area contributed by atoms with Crippen molar-refractivity contribution in [3.63, 3.8) is 0 Å². The lowest BCUT2D eigenvalue weighted by Crippen LogP contribution is -2.04. The van der Waals surface area contributed by atoms with Gasteiger partial charge in [0.1, 0.15) is 23.1 Å². The van der Waals surface area contributed by atoms with E-state index in [1.165, 1.54) is 11.3 Å². The van der Waals surface area contributed by atoms with Crippen LogP contribution in [0.4, 0.5) is 0 Å². The Morgan fingerprint density at radius 1 is 1.04 bits per heavy atom. The van der Waals surface area contributed by atoms with Crippen LogP contribution in [-0.4, -0.2) is 24.8 Å². The smallest absolute Gasteiger partial charge is 0.235 e. The summed E-state index contributed by atoms with van der Waals surface area (Å²) in [5.41, 5.74) is 2.89. The first-order chi connectivity index (χ1) is 12.3. The average Bonchev–Trinajstić information content (AvgIpc) is 3.19. The molecule has 3 heterocycles. The molecule has 0 bridgehead atoms. The van der Waals surface area contributed by atoms with Crippen molar-refractivity contribution in [3.8, 4) is 16.5 Å². The third-order valence-electron chi connectivity index (χ3n) is 4.10. The van der Waals surface area contributed by atoms with E-state index in [1.807, 2.05) is 55.5 Å². The van der Waals surface area contributed by atoms with Gasteiger partial charge in [-0.3, -0.25) is 0 Å². The third-order valence-corrected chi connectivity index (χ3v) is 5.01. The molecule has 0 spiro atoms. The van der Waals surface area contributed by atoms with Gasteiger partial charge in [-0.1, -0.05) is 47.7 Å². The topological polar surface area (TPSA) is 65.2 Å². The molecule has 2 aromatic carbocycles. The van der Waals surface area contributed by atoms with E-state index in [9.17, 15) is 0 Å². The van der Waals surface area contributed by atoms with Crippen molar-refractivity contribution in [1.82, 2.24) is 24.8 Å². The second-order valence-electron chi connectivity index (χ2n) is 5.75. The maximum Gasteiger partial charge on any atom is 0.235 e. The number of aryl methyl sites for hydroxylation is 1. The molecule has 0 saturated carbocycles. The number of ether oxygens (including phenoxy) is 1. The van der Waals surface area contributed by atoms with Crippen molar-refractivity contribution in [2.24, 2.45) is 0 Å². The van der Waals surface area contributed by atoms with Crippen LogP contribution >= 0.6 is 11.3 Å². The summed E-state index contributed by atoms with van der Waals surface area (Å²) >= 11 is 1.48. The molecule has 122 valence electrons. The van der Waals surface area contributed by atoms with Crippen LogP contribution in [0.15, 0.2) is 48.5 Å². The summed E-state index contributed by atoms with van der Waals surface area (Å²) in [6, 6.07) is 15.9. The Kier molecular flexibility index (Phi) is 3.14. The Balaban J connectivity index is 1.58. The van der Waals surface area contributed by atoms with Crippen molar-refractivity contribution in [2.75, 3.05) is 0 Å². The highest BCUT2D eigenvalue weighted by atomic mass is 32.1. The van der Waals surface area contributed by atoms with E-state index in [1.54, 1.807) is 4.52 Å². The van der Waals surface area contributed by atoms with Crippen molar-refractivity contribution < 1.29 is 4.74 Å². The number of hydrogen-bond donors (Lipinski definition) is 0. The Hall–Kier alpha value is -3.06. The van der Waals surface area contributed by atoms with Gasteiger partial charge >= 0.3 is 0 Å². The maximum absolute atomic E-state index is 5.90. The van der Waals surface area contributed by atoms with Crippen molar-refractivity contribution >= 4 is 27.2 Å². The van der Waals surface area contributed by atoms with Gasteiger partial charge < -0.3 is 4.74 Å². The van der Waals surface area contributed by atoms with E-state index in [0.29, 0.717) is 17.4 Å². The fraction of sp³-hybridized carbons (Fsp3) is 0.111. The number of fused-ring (bicyclic) bond motifs is 4. The van der Waals surface area contributed by atoms with Crippen molar-refractivity contribution in [3.05, 3.63) is 59.9 Å². The van der Waals surface area contributed by atoms with Crippen LogP contribution in [0, 0.1) is 6.92 Å². The lowest BCUT2D eigenvalue weighted by Gasteiger charge is -2.07. The highest BCUT2D eigenvalue weighted by Gasteiger charge is 2.18. The van der Waals surface area contributed by atoms with Gasteiger partial charge in [-0.25, -0.2) is 4.98 Å². The van der Waals surface area contributed by atoms with Gasteiger partial charge in [0.05, 0.1) is 5.52 Å². The molecule has 0 N–H and O–H groups in total. The summed E-state index contributed by atoms with van der Waals surface area (Å²) in [6.07, 6.45) is 0. The van der Waals surface area contributed by atoms with Gasteiger partial charge in [0.2, 0.25) is 4.96 Å². The first-order valence-corrected chi connectivity index (χ1v) is 8.69. The molecule has 0 atom stereocenters. The zero-order valence-corrected chi connectivity index (χ0v) is 14.2. The molecule has 25 heavy (non-hydrogen) atoms. The zero-order valence-electron chi connectivity index (χ0n) is 13.4. The van der Waals surface area contributed by atoms with Crippen LogP contribution < -0.4 is 4.74 Å². The van der Waals surface area contributed by atoms with E-state index in [-0.39, 0.29) is 0 Å². The van der Waals surface area contributed by atoms with Crippen LogP contribution in [0.25, 0.3) is 26.6 Å². The molecule has 7 heteroatoms. The summed E-state index contributed by atoms with van der Waals surface area (Å²) < 4.78 is 7.65. The summed E-state index contributed by atoms with van der Waals surface area (Å²) in [5.74, 6) is 1.51. The van der Waals surface area contributed by atoms with Crippen LogP contribution in [0.3, 0.4) is 0 Å². The second-order valence-corrected chi connectivity index (χ2v) is 6.71. The fourth-order valence-corrected chi connectivity index (χ4v) is 3.69. The van der Waals surface area contributed by atoms with E-state index in [4.69, 9.17) is 9.84 Å². The fourth-order valence-electron chi connectivity index (χ4n) is 2.81. The van der Waals surface area contributed by atoms with Crippen molar-refractivity contribution in [1.29, 1.82) is 0 Å². The van der Waals surface area contributed by atoms with Crippen LogP contribution in [0.1, 0.15) is 11.4 Å². The molecule has 0 saturated heterocycles. The van der Waals surface area contributed by atoms with Crippen LogP contribution in [0.2, 0.25) is 0 Å². The Morgan fingerprint density at radius 3 is 2.80 bits per heavy atom. The molecule has 2 aliphatic heterocycles. The minimum atomic E-state index is 0.309. The number of aromatic nitrogens is 5. The Bertz CT molecular complexity index is 1180. The normalized spacial score (nSPS) is 11.6. The Labute approximate surface area is 147 Å². The molecule has 0 radical (unpaired) electrons. The molecule has 0 fully saturated rings. The largest absolute Gasteiger partial charge is 0.485 e. The average molecular weight is 347 g/mol. The van der Waals surface area contributed by atoms with Crippen LogP contribution in [-0.2, 0) is 6.61 Å². The molecule has 0 amide bonds. The quantitative estimate of drug-likeness (QED) is 0.497.